The molecule has 2 aromatic rings. The second kappa shape index (κ2) is 5.64. The largest absolute Gasteiger partial charge is 0.364 e. The second-order valence-electron chi connectivity index (χ2n) is 3.64. The van der Waals surface area contributed by atoms with Crippen LogP contribution in [0.3, 0.4) is 0 Å². The fraction of sp³-hybridized carbons (Fsp3) is 0.154. The van der Waals surface area contributed by atoms with Crippen LogP contribution in [0.2, 0.25) is 0 Å². The van der Waals surface area contributed by atoms with Crippen molar-refractivity contribution in [2.24, 2.45) is 0 Å². The number of hydrogen-bond acceptors (Lipinski definition) is 2. The molecule has 0 bridgehead atoms. The highest BCUT2D eigenvalue weighted by atomic mass is 35.5. The molecule has 0 radical (unpaired) electrons. The van der Waals surface area contributed by atoms with Crippen LogP contribution in [0.15, 0.2) is 42.6 Å². The third-order valence-electron chi connectivity index (χ3n) is 2.40. The van der Waals surface area contributed by atoms with Gasteiger partial charge in [-0.3, -0.25) is 0 Å². The number of alkyl halides is 1. The van der Waals surface area contributed by atoms with Crippen molar-refractivity contribution in [3.63, 3.8) is 0 Å². The van der Waals surface area contributed by atoms with Gasteiger partial charge < -0.3 is 5.32 Å². The Kier molecular flexibility index (Phi) is 3.94. The minimum atomic E-state index is -0.343. The lowest BCUT2D eigenvalue weighted by atomic mass is 10.1. The molecule has 17 heavy (non-hydrogen) atoms. The Morgan fingerprint density at radius 2 is 1.82 bits per heavy atom. The maximum absolute atomic E-state index is 13.3. The van der Waals surface area contributed by atoms with E-state index < -0.39 is 0 Å². The van der Waals surface area contributed by atoms with Crippen molar-refractivity contribution < 1.29 is 4.39 Å². The van der Waals surface area contributed by atoms with E-state index in [4.69, 9.17) is 11.6 Å². The normalized spacial score (nSPS) is 10.2. The molecule has 1 aromatic carbocycles. The number of anilines is 1. The summed E-state index contributed by atoms with van der Waals surface area (Å²) in [6.07, 6.45) is 1.56. The molecular weight excluding hydrogens is 239 g/mol. The zero-order valence-corrected chi connectivity index (χ0v) is 9.91. The topological polar surface area (TPSA) is 24.9 Å². The van der Waals surface area contributed by atoms with E-state index in [0.29, 0.717) is 12.4 Å². The summed E-state index contributed by atoms with van der Waals surface area (Å²) in [6, 6.07) is 10.8. The summed E-state index contributed by atoms with van der Waals surface area (Å²) < 4.78 is 13.3. The molecule has 2 rings (SSSR count). The van der Waals surface area contributed by atoms with Crippen molar-refractivity contribution >= 4 is 17.4 Å². The number of benzene rings is 1. The third kappa shape index (κ3) is 3.17. The highest BCUT2D eigenvalue weighted by molar-refractivity contribution is 6.17. The van der Waals surface area contributed by atoms with Gasteiger partial charge in [0.25, 0.3) is 0 Å². The molecule has 2 nitrogen and oxygen atoms in total. The minimum absolute atomic E-state index is 0.272. The van der Waals surface area contributed by atoms with Gasteiger partial charge in [-0.05, 0) is 23.3 Å². The number of hydrogen-bond donors (Lipinski definition) is 1. The van der Waals surface area contributed by atoms with Crippen molar-refractivity contribution in [1.29, 1.82) is 0 Å². The number of nitrogens with one attached hydrogen (secondary N) is 1. The van der Waals surface area contributed by atoms with E-state index in [1.165, 1.54) is 6.07 Å². The smallest absolute Gasteiger partial charge is 0.165 e. The van der Waals surface area contributed by atoms with Crippen LogP contribution in [-0.2, 0) is 12.4 Å². The molecule has 0 aliphatic heterocycles. The first kappa shape index (κ1) is 11.9. The molecular formula is C13H12ClFN2. The zero-order chi connectivity index (χ0) is 12.1. The Bertz CT molecular complexity index is 485. The maximum Gasteiger partial charge on any atom is 0.165 e. The second-order valence-corrected chi connectivity index (χ2v) is 3.90. The molecule has 0 aliphatic rings. The van der Waals surface area contributed by atoms with Gasteiger partial charge in [-0.15, -0.1) is 11.6 Å². The lowest BCUT2D eigenvalue weighted by Gasteiger charge is -2.06. The van der Waals surface area contributed by atoms with Gasteiger partial charge in [-0.1, -0.05) is 24.3 Å². The van der Waals surface area contributed by atoms with E-state index >= 15 is 0 Å². The van der Waals surface area contributed by atoms with Gasteiger partial charge in [0.15, 0.2) is 11.6 Å². The highest BCUT2D eigenvalue weighted by Gasteiger charge is 2.01. The van der Waals surface area contributed by atoms with Gasteiger partial charge in [-0.25, -0.2) is 9.37 Å². The Morgan fingerprint density at radius 3 is 2.47 bits per heavy atom. The number of nitrogens with zero attached hydrogens (tertiary/aromatic N) is 1. The van der Waals surface area contributed by atoms with E-state index in [1.807, 2.05) is 24.3 Å². The van der Waals surface area contributed by atoms with Crippen LogP contribution in [0.1, 0.15) is 11.1 Å². The molecule has 1 aromatic heterocycles. The summed E-state index contributed by atoms with van der Waals surface area (Å²) >= 11 is 5.70. The van der Waals surface area contributed by atoms with Crippen molar-refractivity contribution in [3.8, 4) is 0 Å². The predicted octanol–water partition coefficient (Wildman–Crippen LogP) is 3.57. The van der Waals surface area contributed by atoms with Crippen LogP contribution < -0.4 is 5.32 Å². The molecule has 0 spiro atoms. The summed E-state index contributed by atoms with van der Waals surface area (Å²) in [7, 11) is 0. The standard InChI is InChI=1S/C13H12ClFN2/c14-8-10-3-5-11(6-4-10)9-17-13-12(15)2-1-7-16-13/h1-7H,8-9H2,(H,16,17). The number of rotatable bonds is 4. The predicted molar refractivity (Wildman–Crippen MR) is 67.5 cm³/mol. The summed E-state index contributed by atoms with van der Waals surface area (Å²) in [6.45, 7) is 0.538. The molecule has 0 saturated heterocycles. The van der Waals surface area contributed by atoms with Crippen LogP contribution in [0.5, 0.6) is 0 Å². The van der Waals surface area contributed by atoms with Crippen LogP contribution in [-0.4, -0.2) is 4.98 Å². The lowest BCUT2D eigenvalue weighted by molar-refractivity contribution is 0.624. The molecule has 4 heteroatoms. The van der Waals surface area contributed by atoms with Crippen LogP contribution >= 0.6 is 11.6 Å². The molecule has 0 unspecified atom stereocenters. The van der Waals surface area contributed by atoms with E-state index in [2.05, 4.69) is 10.3 Å². The number of pyridine rings is 1. The zero-order valence-electron chi connectivity index (χ0n) is 9.16. The first-order valence-corrected chi connectivity index (χ1v) is 5.81. The monoisotopic (exact) mass is 250 g/mol. The van der Waals surface area contributed by atoms with E-state index in [1.54, 1.807) is 12.3 Å². The van der Waals surface area contributed by atoms with Crippen molar-refractivity contribution in [2.45, 2.75) is 12.4 Å². The number of halogens is 2. The molecule has 0 saturated carbocycles. The van der Waals surface area contributed by atoms with Gasteiger partial charge in [0.2, 0.25) is 0 Å². The Balaban J connectivity index is 2.00. The molecule has 1 N–H and O–H groups in total. The minimum Gasteiger partial charge on any atom is -0.364 e. The van der Waals surface area contributed by atoms with Gasteiger partial charge in [-0.2, -0.15) is 0 Å². The van der Waals surface area contributed by atoms with Gasteiger partial charge in [0, 0.05) is 18.6 Å². The van der Waals surface area contributed by atoms with E-state index in [9.17, 15) is 4.39 Å². The van der Waals surface area contributed by atoms with Gasteiger partial charge in [0.1, 0.15) is 0 Å². The van der Waals surface area contributed by atoms with Crippen LogP contribution in [0.4, 0.5) is 10.2 Å². The molecule has 0 fully saturated rings. The molecule has 0 atom stereocenters. The van der Waals surface area contributed by atoms with Crippen LogP contribution in [0, 0.1) is 5.82 Å². The summed E-state index contributed by atoms with van der Waals surface area (Å²) in [4.78, 5) is 3.92. The molecule has 1 heterocycles. The molecule has 0 aliphatic carbocycles. The lowest BCUT2D eigenvalue weighted by Crippen LogP contribution is -2.03. The van der Waals surface area contributed by atoms with Crippen LogP contribution in [0.25, 0.3) is 0 Å². The summed E-state index contributed by atoms with van der Waals surface area (Å²) in [5.74, 6) is 0.432. The first-order valence-electron chi connectivity index (χ1n) is 5.28. The van der Waals surface area contributed by atoms with Crippen molar-refractivity contribution in [1.82, 2.24) is 4.98 Å². The third-order valence-corrected chi connectivity index (χ3v) is 2.70. The average molecular weight is 251 g/mol. The van der Waals surface area contributed by atoms with E-state index in [0.717, 1.165) is 11.1 Å². The number of aromatic nitrogens is 1. The average Bonchev–Trinajstić information content (AvgIpc) is 2.38. The molecule has 0 amide bonds. The maximum atomic E-state index is 13.3. The Labute approximate surface area is 104 Å². The fourth-order valence-corrected chi connectivity index (χ4v) is 1.63. The summed E-state index contributed by atoms with van der Waals surface area (Å²) in [5, 5.41) is 2.95. The summed E-state index contributed by atoms with van der Waals surface area (Å²) in [5.41, 5.74) is 2.13. The Morgan fingerprint density at radius 1 is 1.12 bits per heavy atom. The van der Waals surface area contributed by atoms with E-state index in [-0.39, 0.29) is 11.6 Å². The quantitative estimate of drug-likeness (QED) is 0.839. The highest BCUT2D eigenvalue weighted by Crippen LogP contribution is 2.11. The SMILES string of the molecule is Fc1cccnc1NCc1ccc(CCl)cc1. The molecule has 88 valence electrons. The van der Waals surface area contributed by atoms with Gasteiger partial charge >= 0.3 is 0 Å². The van der Waals surface area contributed by atoms with Crippen molar-refractivity contribution in [2.75, 3.05) is 5.32 Å². The fourth-order valence-electron chi connectivity index (χ4n) is 1.45. The van der Waals surface area contributed by atoms with Crippen molar-refractivity contribution in [3.05, 3.63) is 59.5 Å². The van der Waals surface area contributed by atoms with Gasteiger partial charge in [0.05, 0.1) is 0 Å². The first-order chi connectivity index (χ1) is 8.29. The Hall–Kier alpha value is -1.61.